The Labute approximate surface area is 136 Å². The van der Waals surface area contributed by atoms with Crippen LogP contribution in [0.15, 0.2) is 24.3 Å². The highest BCUT2D eigenvalue weighted by molar-refractivity contribution is 5.94. The first-order chi connectivity index (χ1) is 11.1. The highest BCUT2D eigenvalue weighted by Gasteiger charge is 2.25. The van der Waals surface area contributed by atoms with Crippen LogP contribution in [0.2, 0.25) is 0 Å². The molecule has 0 aliphatic carbocycles. The smallest absolute Gasteiger partial charge is 0.337 e. The Morgan fingerprint density at radius 3 is 2.78 bits per heavy atom. The zero-order chi connectivity index (χ0) is 16.7. The molecule has 0 saturated carbocycles. The lowest BCUT2D eigenvalue weighted by Gasteiger charge is -2.31. The van der Waals surface area contributed by atoms with Crippen molar-refractivity contribution in [1.82, 2.24) is 4.90 Å². The zero-order valence-corrected chi connectivity index (χ0v) is 13.2. The van der Waals surface area contributed by atoms with Gasteiger partial charge in [0.15, 0.2) is 0 Å². The molecular formula is C17H21N3O3. The average molecular weight is 315 g/mol. The first-order valence-corrected chi connectivity index (χ1v) is 7.72. The lowest BCUT2D eigenvalue weighted by molar-refractivity contribution is -0.121. The van der Waals surface area contributed by atoms with E-state index in [1.807, 2.05) is 0 Å². The van der Waals surface area contributed by atoms with Gasteiger partial charge < -0.3 is 15.0 Å². The minimum atomic E-state index is -0.400. The number of rotatable bonds is 5. The summed E-state index contributed by atoms with van der Waals surface area (Å²) in [6.45, 7) is 2.35. The highest BCUT2D eigenvalue weighted by atomic mass is 16.5. The summed E-state index contributed by atoms with van der Waals surface area (Å²) in [7, 11) is 1.33. The molecule has 1 aliphatic rings. The van der Waals surface area contributed by atoms with Crippen LogP contribution in [-0.4, -0.2) is 43.5 Å². The zero-order valence-electron chi connectivity index (χ0n) is 13.2. The van der Waals surface area contributed by atoms with Gasteiger partial charge in [-0.3, -0.25) is 4.79 Å². The average Bonchev–Trinajstić information content (AvgIpc) is 2.60. The second-order valence-electron chi connectivity index (χ2n) is 5.61. The van der Waals surface area contributed by atoms with Crippen LogP contribution < -0.4 is 5.32 Å². The van der Waals surface area contributed by atoms with Gasteiger partial charge in [0.25, 0.3) is 0 Å². The minimum Gasteiger partial charge on any atom is -0.465 e. The number of hydrogen-bond donors (Lipinski definition) is 1. The number of piperidine rings is 1. The quantitative estimate of drug-likeness (QED) is 0.841. The van der Waals surface area contributed by atoms with Gasteiger partial charge in [0.2, 0.25) is 5.91 Å². The molecule has 0 spiro atoms. The third-order valence-corrected chi connectivity index (χ3v) is 3.99. The summed E-state index contributed by atoms with van der Waals surface area (Å²) in [6.07, 6.45) is 2.31. The fourth-order valence-corrected chi connectivity index (χ4v) is 2.73. The number of hydrogen-bond acceptors (Lipinski definition) is 5. The number of methoxy groups -OCH3 is 1. The van der Waals surface area contributed by atoms with Gasteiger partial charge >= 0.3 is 5.97 Å². The molecule has 122 valence electrons. The molecule has 1 fully saturated rings. The van der Waals surface area contributed by atoms with Crippen molar-refractivity contribution in [3.63, 3.8) is 0 Å². The van der Waals surface area contributed by atoms with Gasteiger partial charge in [-0.05, 0) is 43.7 Å². The fourth-order valence-electron chi connectivity index (χ4n) is 2.73. The molecule has 6 heteroatoms. The van der Waals surface area contributed by atoms with Crippen molar-refractivity contribution >= 4 is 17.6 Å². The highest BCUT2D eigenvalue weighted by Crippen LogP contribution is 2.19. The van der Waals surface area contributed by atoms with Crippen LogP contribution in [0.5, 0.6) is 0 Å². The van der Waals surface area contributed by atoms with Gasteiger partial charge in [-0.15, -0.1) is 0 Å². The number of nitriles is 1. The maximum atomic E-state index is 12.4. The van der Waals surface area contributed by atoms with Crippen LogP contribution in [0.1, 0.15) is 29.6 Å². The second-order valence-corrected chi connectivity index (χ2v) is 5.61. The molecule has 1 amide bonds. The second kappa shape index (κ2) is 8.30. The van der Waals surface area contributed by atoms with Crippen LogP contribution >= 0.6 is 0 Å². The van der Waals surface area contributed by atoms with Crippen LogP contribution in [-0.2, 0) is 9.53 Å². The van der Waals surface area contributed by atoms with Crippen molar-refractivity contribution in [3.05, 3.63) is 29.8 Å². The van der Waals surface area contributed by atoms with Gasteiger partial charge in [-0.2, -0.15) is 5.26 Å². The van der Waals surface area contributed by atoms with E-state index >= 15 is 0 Å². The maximum absolute atomic E-state index is 12.4. The number of likely N-dealkylation sites (tertiary alicyclic amines) is 1. The molecule has 1 aliphatic heterocycles. The predicted molar refractivity (Wildman–Crippen MR) is 85.8 cm³/mol. The standard InChI is InChI=1S/C17H21N3O3/c1-23-17(22)13-5-7-15(8-6-13)19-16(21)14-4-2-10-20(12-14)11-3-9-18/h5-8,14H,2-4,10-12H2,1H3,(H,19,21). The molecule has 23 heavy (non-hydrogen) atoms. The largest absolute Gasteiger partial charge is 0.465 e. The summed E-state index contributed by atoms with van der Waals surface area (Å²) in [4.78, 5) is 25.9. The lowest BCUT2D eigenvalue weighted by atomic mass is 9.97. The van der Waals surface area contributed by atoms with Crippen LogP contribution in [0, 0.1) is 17.2 Å². The number of amides is 1. The number of nitrogens with zero attached hydrogens (tertiary/aromatic N) is 2. The number of carbonyl (C=O) groups excluding carboxylic acids is 2. The van der Waals surface area contributed by atoms with E-state index in [1.165, 1.54) is 7.11 Å². The molecule has 1 saturated heterocycles. The number of ether oxygens (including phenoxy) is 1. The molecule has 0 radical (unpaired) electrons. The summed E-state index contributed by atoms with van der Waals surface area (Å²) < 4.78 is 4.64. The molecule has 0 bridgehead atoms. The molecule has 1 unspecified atom stereocenters. The van der Waals surface area contributed by atoms with E-state index in [0.717, 1.165) is 19.4 Å². The maximum Gasteiger partial charge on any atom is 0.337 e. The van der Waals surface area contributed by atoms with E-state index < -0.39 is 5.97 Å². The molecule has 1 aromatic carbocycles. The molecule has 1 atom stereocenters. The van der Waals surface area contributed by atoms with Gasteiger partial charge in [0.1, 0.15) is 0 Å². The van der Waals surface area contributed by atoms with Gasteiger partial charge in [-0.1, -0.05) is 0 Å². The predicted octanol–water partition coefficient (Wildman–Crippen LogP) is 2.04. The van der Waals surface area contributed by atoms with Crippen molar-refractivity contribution in [2.24, 2.45) is 5.92 Å². The topological polar surface area (TPSA) is 82.4 Å². The normalized spacial score (nSPS) is 18.0. The number of nitrogens with one attached hydrogen (secondary N) is 1. The number of esters is 1. The Balaban J connectivity index is 1.91. The van der Waals surface area contributed by atoms with Gasteiger partial charge in [0, 0.05) is 25.2 Å². The number of carbonyl (C=O) groups is 2. The summed E-state index contributed by atoms with van der Waals surface area (Å²) in [5.41, 5.74) is 1.11. The Morgan fingerprint density at radius 2 is 2.13 bits per heavy atom. The van der Waals surface area contributed by atoms with Crippen molar-refractivity contribution < 1.29 is 14.3 Å². The van der Waals surface area contributed by atoms with E-state index in [0.29, 0.717) is 30.8 Å². The van der Waals surface area contributed by atoms with Crippen molar-refractivity contribution in [2.75, 3.05) is 32.1 Å². The van der Waals surface area contributed by atoms with Crippen molar-refractivity contribution in [1.29, 1.82) is 5.26 Å². The van der Waals surface area contributed by atoms with E-state index in [-0.39, 0.29) is 11.8 Å². The Morgan fingerprint density at radius 1 is 1.39 bits per heavy atom. The van der Waals surface area contributed by atoms with Gasteiger partial charge in [0.05, 0.1) is 24.7 Å². The molecule has 2 rings (SSSR count). The third kappa shape index (κ3) is 4.80. The third-order valence-electron chi connectivity index (χ3n) is 3.99. The van der Waals surface area contributed by atoms with E-state index in [2.05, 4.69) is 21.0 Å². The summed E-state index contributed by atoms with van der Waals surface area (Å²) in [5, 5.41) is 11.5. The molecule has 0 aromatic heterocycles. The summed E-state index contributed by atoms with van der Waals surface area (Å²) >= 11 is 0. The summed E-state index contributed by atoms with van der Waals surface area (Å²) in [6, 6.07) is 8.78. The van der Waals surface area contributed by atoms with Crippen LogP contribution in [0.4, 0.5) is 5.69 Å². The van der Waals surface area contributed by atoms with Crippen LogP contribution in [0.3, 0.4) is 0 Å². The number of anilines is 1. The monoisotopic (exact) mass is 315 g/mol. The van der Waals surface area contributed by atoms with Crippen LogP contribution in [0.25, 0.3) is 0 Å². The molecule has 6 nitrogen and oxygen atoms in total. The summed E-state index contributed by atoms with van der Waals surface area (Å²) in [5.74, 6) is -0.483. The van der Waals surface area contributed by atoms with Crippen molar-refractivity contribution in [3.8, 4) is 6.07 Å². The van der Waals surface area contributed by atoms with E-state index in [4.69, 9.17) is 5.26 Å². The SMILES string of the molecule is COC(=O)c1ccc(NC(=O)C2CCCN(CCC#N)C2)cc1. The molecule has 1 N–H and O–H groups in total. The Bertz CT molecular complexity index is 592. The first kappa shape index (κ1) is 17.0. The lowest BCUT2D eigenvalue weighted by Crippen LogP contribution is -2.41. The Hall–Kier alpha value is -2.39. The van der Waals surface area contributed by atoms with Crippen molar-refractivity contribution in [2.45, 2.75) is 19.3 Å². The first-order valence-electron chi connectivity index (χ1n) is 7.72. The van der Waals surface area contributed by atoms with E-state index in [1.54, 1.807) is 24.3 Å². The molecular weight excluding hydrogens is 294 g/mol. The van der Waals surface area contributed by atoms with Gasteiger partial charge in [-0.25, -0.2) is 4.79 Å². The molecule has 1 heterocycles. The van der Waals surface area contributed by atoms with E-state index in [9.17, 15) is 9.59 Å². The Kier molecular flexibility index (Phi) is 6.12. The number of benzene rings is 1. The molecule has 1 aromatic rings. The minimum absolute atomic E-state index is 0.0162. The fraction of sp³-hybridized carbons (Fsp3) is 0.471.